The van der Waals surface area contributed by atoms with E-state index in [2.05, 4.69) is 10.3 Å². The predicted molar refractivity (Wildman–Crippen MR) is 86.7 cm³/mol. The van der Waals surface area contributed by atoms with E-state index in [1.807, 2.05) is 31.2 Å². The van der Waals surface area contributed by atoms with Crippen molar-refractivity contribution < 1.29 is 5.11 Å². The molecule has 6 nitrogen and oxygen atoms in total. The Morgan fingerprint density at radius 1 is 1.23 bits per heavy atom. The number of aromatic nitrogens is 2. The fourth-order valence-corrected chi connectivity index (χ4v) is 2.15. The van der Waals surface area contributed by atoms with Crippen molar-refractivity contribution in [3.8, 4) is 0 Å². The number of benzene rings is 1. The molecule has 0 fully saturated rings. The third-order valence-corrected chi connectivity index (χ3v) is 3.39. The van der Waals surface area contributed by atoms with Crippen LogP contribution in [0.3, 0.4) is 0 Å². The Bertz CT molecular complexity index is 685. The van der Waals surface area contributed by atoms with Crippen molar-refractivity contribution in [3.05, 3.63) is 56.7 Å². The Hall–Kier alpha value is -2.34. The van der Waals surface area contributed by atoms with Crippen molar-refractivity contribution in [2.75, 3.05) is 11.9 Å². The molecule has 0 unspecified atom stereocenters. The van der Waals surface area contributed by atoms with E-state index in [0.29, 0.717) is 18.8 Å². The second-order valence-corrected chi connectivity index (χ2v) is 5.13. The molecule has 2 aromatic rings. The molecule has 0 saturated carbocycles. The minimum Gasteiger partial charge on any atom is -0.396 e. The Kier molecular flexibility index (Phi) is 5.55. The standard InChI is InChI=1S/C16H21N3O3/c1-2-3-9-19-15(21)11-14(18-16(19)22)17-13-6-4-12(5-7-13)8-10-20/h4-7,11,17,20H,2-3,8-10H2,1H3,(H,18,22). The minimum atomic E-state index is -0.402. The summed E-state index contributed by atoms with van der Waals surface area (Å²) in [6.45, 7) is 2.55. The topological polar surface area (TPSA) is 87.1 Å². The maximum absolute atomic E-state index is 12.0. The third kappa shape index (κ3) is 4.08. The lowest BCUT2D eigenvalue weighted by Crippen LogP contribution is -2.34. The highest BCUT2D eigenvalue weighted by Crippen LogP contribution is 2.13. The van der Waals surface area contributed by atoms with Crippen LogP contribution in [0.1, 0.15) is 25.3 Å². The summed E-state index contributed by atoms with van der Waals surface area (Å²) in [5.41, 5.74) is 1.08. The first-order chi connectivity index (χ1) is 10.6. The number of nitrogens with one attached hydrogen (secondary N) is 2. The fraction of sp³-hybridized carbons (Fsp3) is 0.375. The van der Waals surface area contributed by atoms with Crippen LogP contribution in [-0.2, 0) is 13.0 Å². The molecular formula is C16H21N3O3. The summed E-state index contributed by atoms with van der Waals surface area (Å²) in [6, 6.07) is 8.84. The molecule has 1 heterocycles. The first-order valence-corrected chi connectivity index (χ1v) is 7.45. The van der Waals surface area contributed by atoms with E-state index in [9.17, 15) is 9.59 Å². The summed E-state index contributed by atoms with van der Waals surface area (Å²) in [5.74, 6) is 0.373. The van der Waals surface area contributed by atoms with Gasteiger partial charge >= 0.3 is 5.69 Å². The number of rotatable bonds is 7. The van der Waals surface area contributed by atoms with E-state index in [-0.39, 0.29) is 12.2 Å². The molecule has 0 aliphatic rings. The van der Waals surface area contributed by atoms with E-state index in [1.54, 1.807) is 0 Å². The lowest BCUT2D eigenvalue weighted by Gasteiger charge is -2.09. The van der Waals surface area contributed by atoms with Gasteiger partial charge in [0.15, 0.2) is 0 Å². The first kappa shape index (κ1) is 16.0. The number of hydrogen-bond acceptors (Lipinski definition) is 4. The normalized spacial score (nSPS) is 10.6. The number of aliphatic hydroxyl groups excluding tert-OH is 1. The van der Waals surface area contributed by atoms with Crippen molar-refractivity contribution in [1.29, 1.82) is 0 Å². The molecule has 0 radical (unpaired) electrons. The largest absolute Gasteiger partial charge is 0.396 e. The Morgan fingerprint density at radius 3 is 2.55 bits per heavy atom. The highest BCUT2D eigenvalue weighted by molar-refractivity contribution is 5.55. The third-order valence-electron chi connectivity index (χ3n) is 3.39. The van der Waals surface area contributed by atoms with Gasteiger partial charge in [-0.3, -0.25) is 14.3 Å². The smallest absolute Gasteiger partial charge is 0.329 e. The predicted octanol–water partition coefficient (Wildman–Crippen LogP) is 1.62. The Balaban J connectivity index is 2.16. The second kappa shape index (κ2) is 7.61. The molecule has 1 aromatic carbocycles. The maximum Gasteiger partial charge on any atom is 0.329 e. The van der Waals surface area contributed by atoms with Crippen molar-refractivity contribution in [2.45, 2.75) is 32.7 Å². The molecule has 118 valence electrons. The van der Waals surface area contributed by atoms with Gasteiger partial charge in [0.25, 0.3) is 5.56 Å². The van der Waals surface area contributed by atoms with Crippen LogP contribution in [0.4, 0.5) is 11.5 Å². The number of anilines is 2. The molecule has 2 rings (SSSR count). The van der Waals surface area contributed by atoms with Gasteiger partial charge < -0.3 is 10.4 Å². The van der Waals surface area contributed by atoms with Gasteiger partial charge in [0.2, 0.25) is 0 Å². The highest BCUT2D eigenvalue weighted by atomic mass is 16.3. The Labute approximate surface area is 128 Å². The molecule has 22 heavy (non-hydrogen) atoms. The molecule has 0 saturated heterocycles. The summed E-state index contributed by atoms with van der Waals surface area (Å²) in [5, 5.41) is 11.9. The van der Waals surface area contributed by atoms with Crippen LogP contribution in [0.2, 0.25) is 0 Å². The average Bonchev–Trinajstić information content (AvgIpc) is 2.49. The van der Waals surface area contributed by atoms with Gasteiger partial charge in [-0.15, -0.1) is 0 Å². The monoisotopic (exact) mass is 303 g/mol. The molecular weight excluding hydrogens is 282 g/mol. The quantitative estimate of drug-likeness (QED) is 0.725. The van der Waals surface area contributed by atoms with Gasteiger partial charge in [-0.2, -0.15) is 0 Å². The van der Waals surface area contributed by atoms with Crippen molar-refractivity contribution >= 4 is 11.5 Å². The molecule has 3 N–H and O–H groups in total. The van der Waals surface area contributed by atoms with Crippen molar-refractivity contribution in [3.63, 3.8) is 0 Å². The molecule has 0 amide bonds. The zero-order chi connectivity index (χ0) is 15.9. The molecule has 0 bridgehead atoms. The molecule has 0 atom stereocenters. The number of aliphatic hydroxyl groups is 1. The molecule has 6 heteroatoms. The van der Waals surface area contributed by atoms with E-state index in [1.165, 1.54) is 10.6 Å². The molecule has 0 aliphatic carbocycles. The Morgan fingerprint density at radius 2 is 1.95 bits per heavy atom. The second-order valence-electron chi connectivity index (χ2n) is 5.13. The van der Waals surface area contributed by atoms with Crippen LogP contribution >= 0.6 is 0 Å². The number of aromatic amines is 1. The van der Waals surface area contributed by atoms with E-state index >= 15 is 0 Å². The minimum absolute atomic E-state index is 0.107. The summed E-state index contributed by atoms with van der Waals surface area (Å²) in [6.07, 6.45) is 2.32. The van der Waals surface area contributed by atoms with Crippen LogP contribution in [0, 0.1) is 0 Å². The number of hydrogen-bond donors (Lipinski definition) is 3. The van der Waals surface area contributed by atoms with Gasteiger partial charge in [-0.25, -0.2) is 4.79 Å². The summed E-state index contributed by atoms with van der Waals surface area (Å²) in [4.78, 5) is 26.6. The number of unbranched alkanes of at least 4 members (excludes halogenated alkanes) is 1. The van der Waals surface area contributed by atoms with Crippen molar-refractivity contribution in [2.24, 2.45) is 0 Å². The summed E-state index contributed by atoms with van der Waals surface area (Å²) < 4.78 is 1.21. The highest BCUT2D eigenvalue weighted by Gasteiger charge is 2.04. The number of nitrogens with zero attached hydrogens (tertiary/aromatic N) is 1. The SMILES string of the molecule is CCCCn1c(=O)cc(Nc2ccc(CCO)cc2)[nH]c1=O. The summed E-state index contributed by atoms with van der Waals surface area (Å²) >= 11 is 0. The van der Waals surface area contributed by atoms with E-state index in [4.69, 9.17) is 5.11 Å². The number of H-pyrrole nitrogens is 1. The van der Waals surface area contributed by atoms with Gasteiger partial charge in [0.05, 0.1) is 0 Å². The van der Waals surface area contributed by atoms with Gasteiger partial charge in [0.1, 0.15) is 5.82 Å². The van der Waals surface area contributed by atoms with Crippen LogP contribution in [-0.4, -0.2) is 21.3 Å². The van der Waals surface area contributed by atoms with Crippen LogP contribution in [0.25, 0.3) is 0 Å². The molecule has 0 spiro atoms. The average molecular weight is 303 g/mol. The van der Waals surface area contributed by atoms with Crippen molar-refractivity contribution in [1.82, 2.24) is 9.55 Å². The van der Waals surface area contributed by atoms with Crippen LogP contribution < -0.4 is 16.6 Å². The van der Waals surface area contributed by atoms with Crippen LogP contribution in [0.15, 0.2) is 39.9 Å². The molecule has 1 aromatic heterocycles. The molecule has 0 aliphatic heterocycles. The van der Waals surface area contributed by atoms with Gasteiger partial charge in [-0.1, -0.05) is 25.5 Å². The zero-order valence-corrected chi connectivity index (χ0v) is 12.6. The lowest BCUT2D eigenvalue weighted by atomic mass is 10.1. The van der Waals surface area contributed by atoms with E-state index in [0.717, 1.165) is 24.1 Å². The zero-order valence-electron chi connectivity index (χ0n) is 12.6. The van der Waals surface area contributed by atoms with Gasteiger partial charge in [-0.05, 0) is 30.5 Å². The summed E-state index contributed by atoms with van der Waals surface area (Å²) in [7, 11) is 0. The van der Waals surface area contributed by atoms with Crippen LogP contribution in [0.5, 0.6) is 0 Å². The maximum atomic E-state index is 12.0. The first-order valence-electron chi connectivity index (χ1n) is 7.45. The van der Waals surface area contributed by atoms with Gasteiger partial charge in [0, 0.05) is 24.9 Å². The lowest BCUT2D eigenvalue weighted by molar-refractivity contribution is 0.299. The fourth-order valence-electron chi connectivity index (χ4n) is 2.15. The van der Waals surface area contributed by atoms with E-state index < -0.39 is 5.69 Å².